The largest absolute Gasteiger partial charge is 0.340 e. The van der Waals surface area contributed by atoms with Crippen LogP contribution in [0.3, 0.4) is 0 Å². The zero-order valence-corrected chi connectivity index (χ0v) is 18.8. The van der Waals surface area contributed by atoms with E-state index in [0.717, 1.165) is 70.8 Å². The average molecular weight is 446 g/mol. The summed E-state index contributed by atoms with van der Waals surface area (Å²) >= 11 is 12.4. The molecular weight excluding hydrogens is 417 g/mol. The second-order valence-electron chi connectivity index (χ2n) is 8.40. The predicted octanol–water partition coefficient (Wildman–Crippen LogP) is 4.55. The van der Waals surface area contributed by atoms with Crippen LogP contribution in [0.25, 0.3) is 0 Å². The molecule has 4 nitrogen and oxygen atoms in total. The third kappa shape index (κ3) is 5.55. The van der Waals surface area contributed by atoms with Gasteiger partial charge in [0.2, 0.25) is 5.91 Å². The lowest BCUT2D eigenvalue weighted by Gasteiger charge is -2.39. The van der Waals surface area contributed by atoms with Crippen LogP contribution in [0.2, 0.25) is 10.0 Å². The average Bonchev–Trinajstić information content (AvgIpc) is 2.77. The van der Waals surface area contributed by atoms with Gasteiger partial charge in [0.1, 0.15) is 0 Å². The van der Waals surface area contributed by atoms with E-state index in [4.69, 9.17) is 23.2 Å². The summed E-state index contributed by atoms with van der Waals surface area (Å²) in [4.78, 5) is 20.0. The number of hydrogen-bond donors (Lipinski definition) is 0. The van der Waals surface area contributed by atoms with E-state index in [9.17, 15) is 4.79 Å². The Hall–Kier alpha value is -1.59. The molecule has 0 aromatic heterocycles. The summed E-state index contributed by atoms with van der Waals surface area (Å²) in [6.45, 7) is 7.08. The summed E-state index contributed by atoms with van der Waals surface area (Å²) in [5.41, 5.74) is 2.41. The molecule has 2 fully saturated rings. The van der Waals surface area contributed by atoms with Crippen molar-refractivity contribution in [3.8, 4) is 0 Å². The van der Waals surface area contributed by atoms with Crippen molar-refractivity contribution in [2.75, 3.05) is 39.3 Å². The normalized spacial score (nSPS) is 21.0. The molecule has 0 radical (unpaired) electrons. The molecule has 30 heavy (non-hydrogen) atoms. The lowest BCUT2D eigenvalue weighted by atomic mass is 9.95. The lowest BCUT2D eigenvalue weighted by Crippen LogP contribution is -2.52. The van der Waals surface area contributed by atoms with Crippen molar-refractivity contribution in [2.24, 2.45) is 5.92 Å². The van der Waals surface area contributed by atoms with Gasteiger partial charge in [-0.2, -0.15) is 0 Å². The van der Waals surface area contributed by atoms with Crippen molar-refractivity contribution in [3.63, 3.8) is 0 Å². The summed E-state index contributed by atoms with van der Waals surface area (Å²) < 4.78 is 0. The van der Waals surface area contributed by atoms with Gasteiger partial charge in [-0.25, -0.2) is 0 Å². The smallest absolute Gasteiger partial charge is 0.227 e. The fraction of sp³-hybridized carbons (Fsp3) is 0.458. The Balaban J connectivity index is 1.28. The molecule has 0 N–H and O–H groups in total. The highest BCUT2D eigenvalue weighted by Crippen LogP contribution is 2.26. The van der Waals surface area contributed by atoms with Crippen LogP contribution < -0.4 is 0 Å². The Labute approximate surface area is 189 Å². The molecule has 4 rings (SSSR count). The van der Waals surface area contributed by atoms with E-state index in [-0.39, 0.29) is 5.92 Å². The molecule has 2 aromatic rings. The van der Waals surface area contributed by atoms with Gasteiger partial charge < -0.3 is 4.90 Å². The van der Waals surface area contributed by atoms with Gasteiger partial charge in [-0.3, -0.25) is 14.6 Å². The van der Waals surface area contributed by atoms with Gasteiger partial charge in [-0.15, -0.1) is 0 Å². The number of halogens is 2. The van der Waals surface area contributed by atoms with Crippen molar-refractivity contribution in [1.29, 1.82) is 0 Å². The van der Waals surface area contributed by atoms with E-state index in [0.29, 0.717) is 16.0 Å². The van der Waals surface area contributed by atoms with Crippen molar-refractivity contribution >= 4 is 29.1 Å². The van der Waals surface area contributed by atoms with Crippen LogP contribution in [0.5, 0.6) is 0 Å². The number of hydrogen-bond acceptors (Lipinski definition) is 3. The maximum Gasteiger partial charge on any atom is 0.227 e. The first-order valence-corrected chi connectivity index (χ1v) is 11.6. The number of rotatable bonds is 5. The minimum absolute atomic E-state index is 0.0884. The van der Waals surface area contributed by atoms with E-state index >= 15 is 0 Å². The number of nitrogens with zero attached hydrogens (tertiary/aromatic N) is 3. The topological polar surface area (TPSA) is 26.8 Å². The molecule has 2 aromatic carbocycles. The maximum absolute atomic E-state index is 13.2. The maximum atomic E-state index is 13.2. The Morgan fingerprint density at radius 2 is 1.67 bits per heavy atom. The van der Waals surface area contributed by atoms with Crippen LogP contribution in [0.1, 0.15) is 24.0 Å². The van der Waals surface area contributed by atoms with E-state index in [1.54, 1.807) is 6.07 Å². The van der Waals surface area contributed by atoms with Gasteiger partial charge in [-0.1, -0.05) is 59.6 Å². The van der Waals surface area contributed by atoms with Gasteiger partial charge in [0.15, 0.2) is 0 Å². The number of likely N-dealkylation sites (tertiary alicyclic amines) is 1. The highest BCUT2D eigenvalue weighted by Gasteiger charge is 2.31. The van der Waals surface area contributed by atoms with E-state index in [1.807, 2.05) is 12.1 Å². The molecule has 0 bridgehead atoms. The predicted molar refractivity (Wildman–Crippen MR) is 123 cm³/mol. The molecule has 160 valence electrons. The molecule has 2 heterocycles. The minimum Gasteiger partial charge on any atom is -0.340 e. The SMILES string of the molecule is O=C([C@@H]1CCCN(Cc2ccc(Cl)cc2Cl)C1)N1CCN(Cc2ccccc2)CC1. The highest BCUT2D eigenvalue weighted by atomic mass is 35.5. The minimum atomic E-state index is 0.0884. The van der Waals surface area contributed by atoms with Crippen LogP contribution in [0.15, 0.2) is 48.5 Å². The highest BCUT2D eigenvalue weighted by molar-refractivity contribution is 6.35. The molecule has 2 saturated heterocycles. The molecule has 1 atom stereocenters. The van der Waals surface area contributed by atoms with Crippen molar-refractivity contribution < 1.29 is 4.79 Å². The van der Waals surface area contributed by atoms with Crippen LogP contribution in [-0.2, 0) is 17.9 Å². The first-order valence-electron chi connectivity index (χ1n) is 10.8. The van der Waals surface area contributed by atoms with Crippen molar-refractivity contribution in [1.82, 2.24) is 14.7 Å². The lowest BCUT2D eigenvalue weighted by molar-refractivity contribution is -0.139. The molecule has 0 spiro atoms. The first kappa shape index (κ1) is 21.6. The number of benzene rings is 2. The Kier molecular flexibility index (Phi) is 7.32. The summed E-state index contributed by atoms with van der Waals surface area (Å²) in [5.74, 6) is 0.409. The number of piperazine rings is 1. The summed E-state index contributed by atoms with van der Waals surface area (Å²) in [6.07, 6.45) is 2.03. The van der Waals surface area contributed by atoms with Crippen LogP contribution in [-0.4, -0.2) is 59.9 Å². The standard InChI is InChI=1S/C24H29Cl2N3O/c25-22-9-8-20(23(26)15-22)17-28-10-4-7-21(18-28)24(30)29-13-11-27(12-14-29)16-19-5-2-1-3-6-19/h1-3,5-6,8-9,15,21H,4,7,10-14,16-18H2/t21-/m1/s1. The molecule has 0 unspecified atom stereocenters. The molecular formula is C24H29Cl2N3O. The number of carbonyl (C=O) groups is 1. The molecule has 2 aliphatic rings. The Bertz CT molecular complexity index is 853. The molecule has 6 heteroatoms. The third-order valence-electron chi connectivity index (χ3n) is 6.20. The van der Waals surface area contributed by atoms with Gasteiger partial charge in [0.25, 0.3) is 0 Å². The van der Waals surface area contributed by atoms with Crippen LogP contribution >= 0.6 is 23.2 Å². The summed E-state index contributed by atoms with van der Waals surface area (Å²) in [5, 5.41) is 1.35. The van der Waals surface area contributed by atoms with Gasteiger partial charge in [0, 0.05) is 55.9 Å². The summed E-state index contributed by atoms with van der Waals surface area (Å²) in [6, 6.07) is 16.2. The van der Waals surface area contributed by atoms with E-state index < -0.39 is 0 Å². The Morgan fingerprint density at radius 1 is 0.900 bits per heavy atom. The van der Waals surface area contributed by atoms with E-state index in [2.05, 4.69) is 45.0 Å². The zero-order valence-electron chi connectivity index (χ0n) is 17.3. The van der Waals surface area contributed by atoms with Crippen molar-refractivity contribution in [3.05, 3.63) is 69.7 Å². The first-order chi connectivity index (χ1) is 14.6. The number of carbonyl (C=O) groups excluding carboxylic acids is 1. The molecule has 1 amide bonds. The second-order valence-corrected chi connectivity index (χ2v) is 9.24. The van der Waals surface area contributed by atoms with Gasteiger partial charge in [-0.05, 0) is 42.6 Å². The monoisotopic (exact) mass is 445 g/mol. The molecule has 0 saturated carbocycles. The van der Waals surface area contributed by atoms with Crippen molar-refractivity contribution in [2.45, 2.75) is 25.9 Å². The van der Waals surface area contributed by atoms with Crippen LogP contribution in [0, 0.1) is 5.92 Å². The van der Waals surface area contributed by atoms with E-state index in [1.165, 1.54) is 5.56 Å². The fourth-order valence-corrected chi connectivity index (χ4v) is 4.99. The second kappa shape index (κ2) is 10.1. The summed E-state index contributed by atoms with van der Waals surface area (Å²) in [7, 11) is 0. The Morgan fingerprint density at radius 3 is 2.40 bits per heavy atom. The quantitative estimate of drug-likeness (QED) is 0.675. The number of amides is 1. The van der Waals surface area contributed by atoms with Gasteiger partial charge in [0.05, 0.1) is 5.92 Å². The third-order valence-corrected chi connectivity index (χ3v) is 6.78. The zero-order chi connectivity index (χ0) is 20.9. The number of piperidine rings is 1. The van der Waals surface area contributed by atoms with Gasteiger partial charge >= 0.3 is 0 Å². The van der Waals surface area contributed by atoms with Crippen LogP contribution in [0.4, 0.5) is 0 Å². The molecule has 0 aliphatic carbocycles. The fourth-order valence-electron chi connectivity index (χ4n) is 4.52. The molecule has 2 aliphatic heterocycles.